The molecule has 0 aliphatic carbocycles. The molecule has 0 spiro atoms. The number of hydrogen-bond donors (Lipinski definition) is 2. The summed E-state index contributed by atoms with van der Waals surface area (Å²) >= 11 is 0. The highest BCUT2D eigenvalue weighted by Crippen LogP contribution is 2.16. The molecule has 2 rings (SSSR count). The van der Waals surface area contributed by atoms with Crippen molar-refractivity contribution >= 4 is 11.6 Å². The summed E-state index contributed by atoms with van der Waals surface area (Å²) in [5.74, 6) is 1.19. The van der Waals surface area contributed by atoms with Crippen molar-refractivity contribution in [2.24, 2.45) is 0 Å². The molecule has 5 nitrogen and oxygen atoms in total. The van der Waals surface area contributed by atoms with E-state index in [-0.39, 0.29) is 5.91 Å². The lowest BCUT2D eigenvalue weighted by Crippen LogP contribution is -2.35. The quantitative estimate of drug-likeness (QED) is 0.849. The number of carbonyl (C=O) groups excluding carboxylic acids is 1. The Hall–Kier alpha value is -2.43. The molecule has 0 bridgehead atoms. The van der Waals surface area contributed by atoms with Gasteiger partial charge in [0.25, 0.3) is 5.91 Å². The minimum atomic E-state index is -0.564. The zero-order valence-electron chi connectivity index (χ0n) is 11.6. The van der Waals surface area contributed by atoms with Gasteiger partial charge in [-0.2, -0.15) is 0 Å². The van der Waals surface area contributed by atoms with Crippen molar-refractivity contribution in [1.29, 1.82) is 0 Å². The van der Waals surface area contributed by atoms with Crippen molar-refractivity contribution in [2.45, 2.75) is 19.6 Å². The van der Waals surface area contributed by atoms with E-state index in [1.807, 2.05) is 37.4 Å². The zero-order valence-corrected chi connectivity index (χ0v) is 11.6. The number of benzene rings is 1. The summed E-state index contributed by atoms with van der Waals surface area (Å²) in [7, 11) is 1.85. The summed E-state index contributed by atoms with van der Waals surface area (Å²) in [6.45, 7) is 2.07. The molecule has 0 saturated carbocycles. The number of furan rings is 1. The number of ether oxygens (including phenoxy) is 1. The predicted molar refractivity (Wildman–Crippen MR) is 76.6 cm³/mol. The minimum Gasteiger partial charge on any atom is -0.481 e. The molecule has 0 saturated heterocycles. The maximum atomic E-state index is 11.9. The summed E-state index contributed by atoms with van der Waals surface area (Å²) in [6.07, 6.45) is 1.01. The summed E-state index contributed by atoms with van der Waals surface area (Å²) < 4.78 is 10.7. The van der Waals surface area contributed by atoms with Gasteiger partial charge in [-0.25, -0.2) is 0 Å². The van der Waals surface area contributed by atoms with E-state index in [1.165, 1.54) is 0 Å². The summed E-state index contributed by atoms with van der Waals surface area (Å²) in [4.78, 5) is 11.9. The van der Waals surface area contributed by atoms with Gasteiger partial charge in [-0.3, -0.25) is 4.79 Å². The van der Waals surface area contributed by atoms with E-state index in [2.05, 4.69) is 10.6 Å². The smallest absolute Gasteiger partial charge is 0.261 e. The molecule has 1 aromatic carbocycles. The Kier molecular flexibility index (Phi) is 4.65. The highest BCUT2D eigenvalue weighted by Gasteiger charge is 2.14. The van der Waals surface area contributed by atoms with Crippen LogP contribution in [0.25, 0.3) is 0 Å². The monoisotopic (exact) mass is 274 g/mol. The molecule has 0 aliphatic rings. The molecule has 106 valence electrons. The molecule has 0 aliphatic heterocycles. The van der Waals surface area contributed by atoms with Crippen LogP contribution in [0.3, 0.4) is 0 Å². The summed E-state index contributed by atoms with van der Waals surface area (Å²) in [5.41, 5.74) is 0.993. The minimum absolute atomic E-state index is 0.181. The van der Waals surface area contributed by atoms with Crippen molar-refractivity contribution < 1.29 is 13.9 Å². The van der Waals surface area contributed by atoms with Crippen molar-refractivity contribution in [2.75, 3.05) is 12.4 Å². The van der Waals surface area contributed by atoms with Crippen LogP contribution in [0, 0.1) is 0 Å². The van der Waals surface area contributed by atoms with Crippen LogP contribution in [0.1, 0.15) is 12.7 Å². The third-order valence-corrected chi connectivity index (χ3v) is 2.84. The van der Waals surface area contributed by atoms with Crippen molar-refractivity contribution in [1.82, 2.24) is 5.32 Å². The van der Waals surface area contributed by atoms with E-state index in [1.54, 1.807) is 19.3 Å². The second-order valence-corrected chi connectivity index (χ2v) is 4.33. The summed E-state index contributed by atoms with van der Waals surface area (Å²) in [6, 6.07) is 11.0. The molecule has 1 atom stereocenters. The molecular formula is C15H18N2O3. The number of rotatable bonds is 6. The van der Waals surface area contributed by atoms with Crippen LogP contribution in [0.15, 0.2) is 47.1 Å². The van der Waals surface area contributed by atoms with Gasteiger partial charge < -0.3 is 19.8 Å². The maximum Gasteiger partial charge on any atom is 0.261 e. The van der Waals surface area contributed by atoms with Crippen LogP contribution in [-0.4, -0.2) is 19.1 Å². The van der Waals surface area contributed by atoms with Crippen LogP contribution in [0.4, 0.5) is 5.69 Å². The molecule has 1 unspecified atom stereocenters. The molecule has 5 heteroatoms. The third-order valence-electron chi connectivity index (χ3n) is 2.84. The molecule has 0 radical (unpaired) electrons. The standard InChI is InChI=1S/C15H18N2O3/c1-11(15(18)17-10-14-4-3-9-19-14)20-13-7-5-12(16-2)6-8-13/h3-9,11,16H,10H2,1-2H3,(H,17,18). The first-order valence-corrected chi connectivity index (χ1v) is 6.43. The van der Waals surface area contributed by atoms with Crippen LogP contribution in [0.2, 0.25) is 0 Å². The Morgan fingerprint density at radius 2 is 2.05 bits per heavy atom. The van der Waals surface area contributed by atoms with Crippen LogP contribution in [-0.2, 0) is 11.3 Å². The Balaban J connectivity index is 1.83. The maximum absolute atomic E-state index is 11.9. The lowest BCUT2D eigenvalue weighted by Gasteiger charge is -2.14. The molecular weight excluding hydrogens is 256 g/mol. The molecule has 1 aromatic heterocycles. The third kappa shape index (κ3) is 3.78. The molecule has 1 amide bonds. The number of anilines is 1. The molecule has 1 heterocycles. The number of nitrogens with one attached hydrogen (secondary N) is 2. The van der Waals surface area contributed by atoms with Gasteiger partial charge in [0.05, 0.1) is 12.8 Å². The lowest BCUT2D eigenvalue weighted by atomic mass is 10.3. The van der Waals surface area contributed by atoms with E-state index in [0.717, 1.165) is 5.69 Å². The second kappa shape index (κ2) is 6.65. The number of carbonyl (C=O) groups is 1. The van der Waals surface area contributed by atoms with Gasteiger partial charge >= 0.3 is 0 Å². The zero-order chi connectivity index (χ0) is 14.4. The molecule has 2 aromatic rings. The van der Waals surface area contributed by atoms with Crippen molar-refractivity contribution in [3.63, 3.8) is 0 Å². The van der Waals surface area contributed by atoms with E-state index >= 15 is 0 Å². The summed E-state index contributed by atoms with van der Waals surface area (Å²) in [5, 5.41) is 5.78. The van der Waals surface area contributed by atoms with Crippen LogP contribution < -0.4 is 15.4 Å². The van der Waals surface area contributed by atoms with Gasteiger partial charge in [0.15, 0.2) is 6.10 Å². The second-order valence-electron chi connectivity index (χ2n) is 4.33. The van der Waals surface area contributed by atoms with Gasteiger partial charge in [-0.1, -0.05) is 0 Å². The average molecular weight is 274 g/mol. The lowest BCUT2D eigenvalue weighted by molar-refractivity contribution is -0.127. The first-order chi connectivity index (χ1) is 9.69. The topological polar surface area (TPSA) is 63.5 Å². The van der Waals surface area contributed by atoms with Crippen molar-refractivity contribution in [3.05, 3.63) is 48.4 Å². The Bertz CT molecular complexity index is 535. The first-order valence-electron chi connectivity index (χ1n) is 6.43. The van der Waals surface area contributed by atoms with Gasteiger partial charge in [0.2, 0.25) is 0 Å². The fourth-order valence-electron chi connectivity index (χ4n) is 1.69. The van der Waals surface area contributed by atoms with Gasteiger partial charge in [-0.05, 0) is 43.3 Å². The largest absolute Gasteiger partial charge is 0.481 e. The van der Waals surface area contributed by atoms with Crippen LogP contribution in [0.5, 0.6) is 5.75 Å². The fourth-order valence-corrected chi connectivity index (χ4v) is 1.69. The Morgan fingerprint density at radius 3 is 2.65 bits per heavy atom. The van der Waals surface area contributed by atoms with E-state index in [0.29, 0.717) is 18.1 Å². The van der Waals surface area contributed by atoms with Gasteiger partial charge in [0.1, 0.15) is 11.5 Å². The first kappa shape index (κ1) is 14.0. The number of amides is 1. The van der Waals surface area contributed by atoms with Crippen LogP contribution >= 0.6 is 0 Å². The van der Waals surface area contributed by atoms with E-state index in [9.17, 15) is 4.79 Å². The van der Waals surface area contributed by atoms with Gasteiger partial charge in [0, 0.05) is 12.7 Å². The fraction of sp³-hybridized carbons (Fsp3) is 0.267. The highest BCUT2D eigenvalue weighted by molar-refractivity contribution is 5.80. The normalized spacial score (nSPS) is 11.7. The van der Waals surface area contributed by atoms with E-state index < -0.39 is 6.10 Å². The van der Waals surface area contributed by atoms with Gasteiger partial charge in [-0.15, -0.1) is 0 Å². The Morgan fingerprint density at radius 1 is 1.30 bits per heavy atom. The molecule has 0 fully saturated rings. The average Bonchev–Trinajstić information content (AvgIpc) is 2.98. The number of hydrogen-bond acceptors (Lipinski definition) is 4. The SMILES string of the molecule is CNc1ccc(OC(C)C(=O)NCc2ccco2)cc1. The predicted octanol–water partition coefficient (Wildman–Crippen LogP) is 2.41. The molecule has 20 heavy (non-hydrogen) atoms. The van der Waals surface area contributed by atoms with Crippen molar-refractivity contribution in [3.8, 4) is 5.75 Å². The Labute approximate surface area is 117 Å². The van der Waals surface area contributed by atoms with E-state index in [4.69, 9.17) is 9.15 Å². The highest BCUT2D eigenvalue weighted by atomic mass is 16.5. The molecule has 2 N–H and O–H groups in total.